The van der Waals surface area contributed by atoms with Gasteiger partial charge in [0.2, 0.25) is 0 Å². The SMILES string of the molecule is CC1(C)CCC(C)(C)c2cc(N(c3ccc(-c4cccc5c4-c4ccccc4C54C5CC6CC7CC4C75C6)cc3)c3ccc4c(c3)C(C)(C)CCC4(C)C)ccc21. The predicted octanol–water partition coefficient (Wildman–Crippen LogP) is 14.9. The Morgan fingerprint density at radius 2 is 0.982 bits per heavy atom. The largest absolute Gasteiger partial charge is 0.310 e. The summed E-state index contributed by atoms with van der Waals surface area (Å²) >= 11 is 0. The van der Waals surface area contributed by atoms with E-state index in [0.717, 1.165) is 23.7 Å². The molecule has 4 fully saturated rings. The van der Waals surface area contributed by atoms with E-state index in [2.05, 4.69) is 163 Å². The van der Waals surface area contributed by atoms with Crippen molar-refractivity contribution in [2.75, 3.05) is 4.90 Å². The molecule has 12 rings (SSSR count). The molecular weight excluding hydrogens is 687 g/mol. The maximum absolute atomic E-state index is 2.56. The van der Waals surface area contributed by atoms with Crippen LogP contribution in [0.2, 0.25) is 0 Å². The molecule has 4 saturated carbocycles. The molecule has 57 heavy (non-hydrogen) atoms. The van der Waals surface area contributed by atoms with Crippen molar-refractivity contribution >= 4 is 17.1 Å². The van der Waals surface area contributed by atoms with Gasteiger partial charge in [-0.2, -0.15) is 0 Å². The molecule has 0 saturated heterocycles. The van der Waals surface area contributed by atoms with Gasteiger partial charge in [0, 0.05) is 22.5 Å². The summed E-state index contributed by atoms with van der Waals surface area (Å²) in [5.74, 6) is 3.65. The van der Waals surface area contributed by atoms with Crippen molar-refractivity contribution in [2.45, 2.75) is 134 Å². The van der Waals surface area contributed by atoms with Crippen LogP contribution in [0.25, 0.3) is 22.3 Å². The van der Waals surface area contributed by atoms with Gasteiger partial charge in [0.1, 0.15) is 0 Å². The quantitative estimate of drug-likeness (QED) is 0.177. The number of anilines is 3. The van der Waals surface area contributed by atoms with Crippen LogP contribution in [-0.2, 0) is 27.1 Å². The van der Waals surface area contributed by atoms with E-state index in [-0.39, 0.29) is 27.1 Å². The van der Waals surface area contributed by atoms with Gasteiger partial charge in [-0.05, 0) is 194 Å². The number of fused-ring (bicyclic) bond motifs is 10. The average Bonchev–Trinajstić information content (AvgIpc) is 3.83. The number of benzene rings is 5. The minimum atomic E-state index is 0.137. The average molecular weight is 748 g/mol. The molecule has 6 unspecified atom stereocenters. The molecule has 0 amide bonds. The number of hydrogen-bond donors (Lipinski definition) is 0. The Balaban J connectivity index is 0.996. The van der Waals surface area contributed by atoms with Crippen LogP contribution in [0.3, 0.4) is 0 Å². The van der Waals surface area contributed by atoms with Gasteiger partial charge < -0.3 is 4.90 Å². The molecule has 1 heteroatoms. The van der Waals surface area contributed by atoms with Crippen molar-refractivity contribution in [1.29, 1.82) is 0 Å². The molecule has 2 bridgehead atoms. The first kappa shape index (κ1) is 34.9. The Labute approximate surface area is 342 Å². The highest BCUT2D eigenvalue weighted by molar-refractivity contribution is 5.94. The minimum Gasteiger partial charge on any atom is -0.310 e. The second-order valence-corrected chi connectivity index (χ2v) is 22.7. The number of hydrogen-bond acceptors (Lipinski definition) is 1. The Hall–Kier alpha value is -4.10. The van der Waals surface area contributed by atoms with Gasteiger partial charge >= 0.3 is 0 Å². The van der Waals surface area contributed by atoms with Crippen LogP contribution in [0.5, 0.6) is 0 Å². The first-order valence-corrected chi connectivity index (χ1v) is 22.6. The van der Waals surface area contributed by atoms with Gasteiger partial charge in [0.15, 0.2) is 0 Å². The first-order valence-electron chi connectivity index (χ1n) is 22.6. The zero-order chi connectivity index (χ0) is 39.1. The third kappa shape index (κ3) is 4.27. The summed E-state index contributed by atoms with van der Waals surface area (Å²) in [6.45, 7) is 19.6. The van der Waals surface area contributed by atoms with E-state index < -0.39 is 0 Å². The van der Waals surface area contributed by atoms with Gasteiger partial charge in [-0.15, -0.1) is 0 Å². The summed E-state index contributed by atoms with van der Waals surface area (Å²) in [6, 6.07) is 41.5. The van der Waals surface area contributed by atoms with Gasteiger partial charge in [0.25, 0.3) is 0 Å². The van der Waals surface area contributed by atoms with Gasteiger partial charge in [-0.3, -0.25) is 0 Å². The normalized spacial score (nSPS) is 31.6. The molecule has 5 aromatic carbocycles. The zero-order valence-electron chi connectivity index (χ0n) is 35.7. The smallest absolute Gasteiger partial charge is 0.0464 e. The predicted molar refractivity (Wildman–Crippen MR) is 238 cm³/mol. The van der Waals surface area contributed by atoms with Crippen LogP contribution in [0.15, 0.2) is 103 Å². The number of rotatable bonds is 4. The van der Waals surface area contributed by atoms with Crippen molar-refractivity contribution in [2.24, 2.45) is 29.1 Å². The lowest BCUT2D eigenvalue weighted by Crippen LogP contribution is -2.73. The molecule has 0 aromatic heterocycles. The standard InChI is InChI=1S/C56H61N/c1-51(2)24-26-53(5,6)46-31-38(20-22-43(46)51)57(39-21-23-44-47(32-39)54(7,8)27-25-52(44,3)4)37-18-16-35(17-19-37)40-13-11-15-45-50(40)41-12-9-10-14-42(41)56(45)48-29-34-28-36-30-49(56)55(36,48)33-34/h9-23,31-32,34,36,48-49H,24-30,33H2,1-8H3. The molecule has 0 heterocycles. The lowest BCUT2D eigenvalue weighted by atomic mass is 9.27. The summed E-state index contributed by atoms with van der Waals surface area (Å²) in [5, 5.41) is 0. The Morgan fingerprint density at radius 3 is 1.60 bits per heavy atom. The van der Waals surface area contributed by atoms with E-state index in [1.54, 1.807) is 11.1 Å². The van der Waals surface area contributed by atoms with Gasteiger partial charge in [-0.25, -0.2) is 0 Å². The summed E-state index contributed by atoms with van der Waals surface area (Å²) in [5.41, 5.74) is 20.4. The van der Waals surface area contributed by atoms with E-state index in [9.17, 15) is 0 Å². The van der Waals surface area contributed by atoms with Crippen molar-refractivity contribution in [3.05, 3.63) is 137 Å². The van der Waals surface area contributed by atoms with E-state index >= 15 is 0 Å². The minimum absolute atomic E-state index is 0.137. The molecule has 0 N–H and O–H groups in total. The fourth-order valence-electron chi connectivity index (χ4n) is 15.3. The second kappa shape index (κ2) is 10.9. The Kier molecular flexibility index (Phi) is 6.69. The fraction of sp³-hybridized carbons (Fsp3) is 0.464. The summed E-state index contributed by atoms with van der Waals surface area (Å²) in [4.78, 5) is 2.56. The zero-order valence-corrected chi connectivity index (χ0v) is 35.7. The van der Waals surface area contributed by atoms with E-state index in [1.807, 2.05) is 0 Å². The van der Waals surface area contributed by atoms with Crippen LogP contribution in [0.4, 0.5) is 17.1 Å². The third-order valence-corrected chi connectivity index (χ3v) is 18.3. The second-order valence-electron chi connectivity index (χ2n) is 22.7. The first-order chi connectivity index (χ1) is 27.2. The monoisotopic (exact) mass is 747 g/mol. The molecule has 290 valence electrons. The molecule has 6 atom stereocenters. The highest BCUT2D eigenvalue weighted by Crippen LogP contribution is 2.89. The summed E-state index contributed by atoms with van der Waals surface area (Å²) < 4.78 is 0. The summed E-state index contributed by atoms with van der Waals surface area (Å²) in [7, 11) is 0. The third-order valence-electron chi connectivity index (χ3n) is 18.3. The van der Waals surface area contributed by atoms with Crippen LogP contribution >= 0.6 is 0 Å². The van der Waals surface area contributed by atoms with Crippen LogP contribution in [0, 0.1) is 29.1 Å². The molecular formula is C56H61N. The van der Waals surface area contributed by atoms with Crippen LogP contribution in [0.1, 0.15) is 140 Å². The lowest BCUT2D eigenvalue weighted by Gasteiger charge is -2.76. The summed E-state index contributed by atoms with van der Waals surface area (Å²) in [6.07, 6.45) is 10.8. The molecule has 0 radical (unpaired) electrons. The van der Waals surface area contributed by atoms with Crippen molar-refractivity contribution in [3.8, 4) is 22.3 Å². The van der Waals surface area contributed by atoms with E-state index in [0.29, 0.717) is 5.41 Å². The van der Waals surface area contributed by atoms with Gasteiger partial charge in [-0.1, -0.05) is 122 Å². The lowest BCUT2D eigenvalue weighted by molar-refractivity contribution is -0.231. The van der Waals surface area contributed by atoms with Crippen LogP contribution < -0.4 is 4.90 Å². The molecule has 5 aromatic rings. The van der Waals surface area contributed by atoms with E-state index in [1.165, 1.54) is 113 Å². The van der Waals surface area contributed by atoms with Crippen molar-refractivity contribution in [1.82, 2.24) is 0 Å². The molecule has 7 aliphatic rings. The molecule has 1 nitrogen and oxygen atoms in total. The van der Waals surface area contributed by atoms with Crippen LogP contribution in [-0.4, -0.2) is 0 Å². The maximum Gasteiger partial charge on any atom is 0.0464 e. The molecule has 0 aliphatic heterocycles. The Morgan fingerprint density at radius 1 is 0.456 bits per heavy atom. The molecule has 7 aliphatic carbocycles. The van der Waals surface area contributed by atoms with Crippen molar-refractivity contribution in [3.63, 3.8) is 0 Å². The highest BCUT2D eigenvalue weighted by Gasteiger charge is 2.84. The highest BCUT2D eigenvalue weighted by atomic mass is 15.1. The number of nitrogens with zero attached hydrogens (tertiary/aromatic N) is 1. The Bertz CT molecular complexity index is 2450. The van der Waals surface area contributed by atoms with E-state index in [4.69, 9.17) is 0 Å². The van der Waals surface area contributed by atoms with Crippen molar-refractivity contribution < 1.29 is 0 Å². The maximum atomic E-state index is 2.56. The molecule has 2 spiro atoms. The topological polar surface area (TPSA) is 3.24 Å². The van der Waals surface area contributed by atoms with Gasteiger partial charge in [0.05, 0.1) is 0 Å². The fourth-order valence-corrected chi connectivity index (χ4v) is 15.3.